The van der Waals surface area contributed by atoms with E-state index in [1.165, 1.54) is 0 Å². The van der Waals surface area contributed by atoms with Crippen LogP contribution < -0.4 is 4.74 Å². The number of hydrogen-bond acceptors (Lipinski definition) is 5. The monoisotopic (exact) mass is 367 g/mol. The van der Waals surface area contributed by atoms with Crippen molar-refractivity contribution < 1.29 is 19.4 Å². The van der Waals surface area contributed by atoms with Gasteiger partial charge in [-0.25, -0.2) is 0 Å². The summed E-state index contributed by atoms with van der Waals surface area (Å²) in [7, 11) is 0. The Morgan fingerprint density at radius 2 is 1.63 bits per heavy atom. The Morgan fingerprint density at radius 1 is 1.00 bits per heavy atom. The minimum atomic E-state index is -0.642. The smallest absolute Gasteiger partial charge is 0.163 e. The second-order valence-corrected chi connectivity index (χ2v) is 9.50. The first-order valence-electron chi connectivity index (χ1n) is 9.42. The van der Waals surface area contributed by atoms with Gasteiger partial charge in [-0.15, -0.1) is 0 Å². The summed E-state index contributed by atoms with van der Waals surface area (Å²) in [5.74, 6) is 0.461. The third-order valence-corrected chi connectivity index (χ3v) is 5.66. The lowest BCUT2D eigenvalue weighted by molar-refractivity contribution is -0.119. The summed E-state index contributed by atoms with van der Waals surface area (Å²) in [5, 5.41) is 10.8. The van der Waals surface area contributed by atoms with Crippen molar-refractivity contribution in [3.05, 3.63) is 46.7 Å². The number of carbonyl (C=O) groups excluding carboxylic acids is 2. The van der Waals surface area contributed by atoms with Gasteiger partial charge in [0.15, 0.2) is 11.6 Å². The molecule has 1 atom stereocenters. The quantitative estimate of drug-likeness (QED) is 0.796. The number of pyridine rings is 1. The molecule has 4 rings (SSSR count). The number of ketones is 2. The molecule has 0 saturated heterocycles. The number of nitrogens with zero attached hydrogens (tertiary/aromatic N) is 1. The van der Waals surface area contributed by atoms with Gasteiger partial charge in [0.25, 0.3) is 0 Å². The molecule has 5 heteroatoms. The van der Waals surface area contributed by atoms with E-state index in [0.717, 1.165) is 0 Å². The first kappa shape index (κ1) is 18.0. The Balaban J connectivity index is 1.93. The van der Waals surface area contributed by atoms with E-state index < -0.39 is 5.92 Å². The van der Waals surface area contributed by atoms with Gasteiger partial charge in [0.2, 0.25) is 0 Å². The summed E-state index contributed by atoms with van der Waals surface area (Å²) in [5.41, 5.74) is 0.862. The maximum atomic E-state index is 13.1. The van der Waals surface area contributed by atoms with Crippen LogP contribution in [-0.4, -0.2) is 21.7 Å². The fourth-order valence-corrected chi connectivity index (χ4v) is 4.58. The standard InChI is InChI=1S/C22H25NO4/c1-21(2)8-12(24)17(13(25)9-21)19-18-14(26)10-22(3,4)11-16(18)27-15-6-5-7-23-20(15)19/h5-7,19,24H,8-11H2,1-4H3. The van der Waals surface area contributed by atoms with Crippen LogP contribution in [-0.2, 0) is 9.59 Å². The lowest BCUT2D eigenvalue weighted by atomic mass is 9.67. The lowest BCUT2D eigenvalue weighted by Gasteiger charge is -2.39. The molecule has 1 aromatic rings. The molecule has 1 aliphatic heterocycles. The van der Waals surface area contributed by atoms with Gasteiger partial charge in [0.1, 0.15) is 17.3 Å². The maximum absolute atomic E-state index is 13.1. The molecule has 0 spiro atoms. The zero-order chi connectivity index (χ0) is 19.6. The van der Waals surface area contributed by atoms with Crippen LogP contribution in [0.1, 0.15) is 65.0 Å². The van der Waals surface area contributed by atoms with Gasteiger partial charge in [0.05, 0.1) is 11.6 Å². The van der Waals surface area contributed by atoms with Gasteiger partial charge in [0, 0.05) is 43.0 Å². The second-order valence-electron chi connectivity index (χ2n) is 9.50. The van der Waals surface area contributed by atoms with Gasteiger partial charge in [-0.3, -0.25) is 14.6 Å². The average molecular weight is 367 g/mol. The molecule has 1 unspecified atom stereocenters. The van der Waals surface area contributed by atoms with Crippen LogP contribution in [0.25, 0.3) is 0 Å². The Morgan fingerprint density at radius 3 is 2.30 bits per heavy atom. The molecule has 5 nitrogen and oxygen atoms in total. The molecule has 2 aliphatic carbocycles. The highest BCUT2D eigenvalue weighted by Crippen LogP contribution is 2.52. The van der Waals surface area contributed by atoms with Crippen molar-refractivity contribution in [2.75, 3.05) is 0 Å². The fourth-order valence-electron chi connectivity index (χ4n) is 4.58. The van der Waals surface area contributed by atoms with Gasteiger partial charge in [-0.1, -0.05) is 27.7 Å². The fraction of sp³-hybridized carbons (Fsp3) is 0.500. The molecular formula is C22H25NO4. The van der Waals surface area contributed by atoms with E-state index in [4.69, 9.17) is 4.74 Å². The predicted octanol–water partition coefficient (Wildman–Crippen LogP) is 4.40. The van der Waals surface area contributed by atoms with Crippen molar-refractivity contribution in [1.82, 2.24) is 4.98 Å². The molecule has 142 valence electrons. The van der Waals surface area contributed by atoms with Crippen LogP contribution in [0.5, 0.6) is 5.75 Å². The number of rotatable bonds is 1. The topological polar surface area (TPSA) is 76.5 Å². The summed E-state index contributed by atoms with van der Waals surface area (Å²) >= 11 is 0. The van der Waals surface area contributed by atoms with E-state index in [2.05, 4.69) is 4.98 Å². The summed E-state index contributed by atoms with van der Waals surface area (Å²) in [6, 6.07) is 3.58. The molecule has 0 amide bonds. The zero-order valence-electron chi connectivity index (χ0n) is 16.3. The normalized spacial score (nSPS) is 26.4. The molecule has 1 aromatic heterocycles. The van der Waals surface area contributed by atoms with Crippen molar-refractivity contribution in [2.24, 2.45) is 10.8 Å². The Bertz CT molecular complexity index is 920. The number of aliphatic hydroxyl groups is 1. The van der Waals surface area contributed by atoms with E-state index in [1.807, 2.05) is 27.7 Å². The second kappa shape index (κ2) is 5.78. The highest BCUT2D eigenvalue weighted by molar-refractivity contribution is 6.06. The SMILES string of the molecule is CC1(C)CC(=O)C(C2C3=C(CC(C)(C)CC3=O)Oc3cccnc32)=C(O)C1. The van der Waals surface area contributed by atoms with Gasteiger partial charge in [-0.05, 0) is 23.0 Å². The van der Waals surface area contributed by atoms with E-state index in [1.54, 1.807) is 18.3 Å². The van der Waals surface area contributed by atoms with Gasteiger partial charge in [-0.2, -0.15) is 0 Å². The number of allylic oxidation sites excluding steroid dienone is 4. The van der Waals surface area contributed by atoms with E-state index >= 15 is 0 Å². The number of hydrogen-bond donors (Lipinski definition) is 1. The van der Waals surface area contributed by atoms with Crippen LogP contribution in [0.3, 0.4) is 0 Å². The van der Waals surface area contributed by atoms with Crippen LogP contribution in [0.15, 0.2) is 41.0 Å². The summed E-state index contributed by atoms with van der Waals surface area (Å²) in [4.78, 5) is 30.5. The molecule has 27 heavy (non-hydrogen) atoms. The molecular weight excluding hydrogens is 342 g/mol. The number of carbonyl (C=O) groups is 2. The van der Waals surface area contributed by atoms with Gasteiger partial charge < -0.3 is 9.84 Å². The van der Waals surface area contributed by atoms with Crippen LogP contribution in [0.4, 0.5) is 0 Å². The van der Waals surface area contributed by atoms with Crippen molar-refractivity contribution in [3.8, 4) is 5.75 Å². The Labute approximate surface area is 159 Å². The van der Waals surface area contributed by atoms with Crippen molar-refractivity contribution >= 4 is 11.6 Å². The predicted molar refractivity (Wildman–Crippen MR) is 100 cm³/mol. The molecule has 3 aliphatic rings. The van der Waals surface area contributed by atoms with E-state index in [9.17, 15) is 14.7 Å². The molecule has 1 N–H and O–H groups in total. The number of aromatic nitrogens is 1. The van der Waals surface area contributed by atoms with E-state index in [0.29, 0.717) is 54.0 Å². The summed E-state index contributed by atoms with van der Waals surface area (Å²) in [6.45, 7) is 8.01. The minimum Gasteiger partial charge on any atom is -0.512 e. The summed E-state index contributed by atoms with van der Waals surface area (Å²) < 4.78 is 6.06. The number of Topliss-reactive ketones (excluding diaryl/α,β-unsaturated/α-hetero) is 2. The zero-order valence-corrected chi connectivity index (χ0v) is 16.3. The largest absolute Gasteiger partial charge is 0.512 e. The van der Waals surface area contributed by atoms with E-state index in [-0.39, 0.29) is 28.2 Å². The third-order valence-electron chi connectivity index (χ3n) is 5.66. The average Bonchev–Trinajstić information content (AvgIpc) is 2.50. The van der Waals surface area contributed by atoms with Crippen molar-refractivity contribution in [2.45, 2.75) is 59.3 Å². The van der Waals surface area contributed by atoms with Crippen LogP contribution in [0.2, 0.25) is 0 Å². The van der Waals surface area contributed by atoms with Crippen molar-refractivity contribution in [1.29, 1.82) is 0 Å². The van der Waals surface area contributed by atoms with Crippen LogP contribution >= 0.6 is 0 Å². The Kier molecular flexibility index (Phi) is 3.85. The molecule has 2 heterocycles. The number of fused-ring (bicyclic) bond motifs is 1. The van der Waals surface area contributed by atoms with Crippen LogP contribution in [0, 0.1) is 10.8 Å². The molecule has 0 fully saturated rings. The number of aliphatic hydroxyl groups excluding tert-OH is 1. The lowest BCUT2D eigenvalue weighted by Crippen LogP contribution is -2.36. The van der Waals surface area contributed by atoms with Crippen molar-refractivity contribution in [3.63, 3.8) is 0 Å². The number of ether oxygens (including phenoxy) is 1. The highest BCUT2D eigenvalue weighted by Gasteiger charge is 2.47. The Hall–Kier alpha value is -2.43. The minimum absolute atomic E-state index is 0.0273. The molecule has 0 aromatic carbocycles. The molecule has 0 bridgehead atoms. The molecule has 0 saturated carbocycles. The first-order valence-corrected chi connectivity index (χ1v) is 9.42. The van der Waals surface area contributed by atoms with Gasteiger partial charge >= 0.3 is 0 Å². The summed E-state index contributed by atoms with van der Waals surface area (Å²) in [6.07, 6.45) is 3.39. The highest BCUT2D eigenvalue weighted by atomic mass is 16.5. The molecule has 0 radical (unpaired) electrons. The first-order chi connectivity index (χ1) is 12.6. The maximum Gasteiger partial charge on any atom is 0.163 e. The third kappa shape index (κ3) is 2.99.